The van der Waals surface area contributed by atoms with E-state index in [1.165, 1.54) is 12.1 Å². The number of carbonyl (C=O) groups is 2. The zero-order valence-corrected chi connectivity index (χ0v) is 15.4. The Morgan fingerprint density at radius 2 is 2.00 bits per heavy atom. The number of fused-ring (bicyclic) bond motifs is 1. The molecule has 2 aliphatic heterocycles. The van der Waals surface area contributed by atoms with Gasteiger partial charge in [0, 0.05) is 17.0 Å². The molecule has 2 aliphatic rings. The van der Waals surface area contributed by atoms with Gasteiger partial charge in [0.15, 0.2) is 6.04 Å². The first-order valence-corrected chi connectivity index (χ1v) is 9.53. The van der Waals surface area contributed by atoms with Crippen molar-refractivity contribution in [2.75, 3.05) is 5.75 Å². The lowest BCUT2D eigenvalue weighted by atomic mass is 9.86. The van der Waals surface area contributed by atoms with E-state index in [0.29, 0.717) is 5.56 Å². The number of benzene rings is 1. The number of hydrogen-bond donors (Lipinski definition) is 0. The largest absolute Gasteiger partial charge is 0.459 e. The summed E-state index contributed by atoms with van der Waals surface area (Å²) in [6.45, 7) is 3.99. The SMILES string of the molecule is CCSC1=CC2[C@@H](CC)C(=O)N2[C@@H]1C(=O)OCc1ccc([N+](=O)[O-])cc1. The van der Waals surface area contributed by atoms with Gasteiger partial charge in [-0.1, -0.05) is 13.8 Å². The third-order valence-electron chi connectivity index (χ3n) is 4.69. The first kappa shape index (κ1) is 18.4. The van der Waals surface area contributed by atoms with Crippen molar-refractivity contribution in [3.05, 3.63) is 50.9 Å². The van der Waals surface area contributed by atoms with E-state index in [1.807, 2.05) is 19.9 Å². The Labute approximate surface area is 155 Å². The maximum absolute atomic E-state index is 12.6. The minimum Gasteiger partial charge on any atom is -0.459 e. The number of nitrogens with zero attached hydrogens (tertiary/aromatic N) is 2. The van der Waals surface area contributed by atoms with E-state index in [1.54, 1.807) is 28.8 Å². The molecule has 1 aromatic rings. The second kappa shape index (κ2) is 7.49. The first-order chi connectivity index (χ1) is 12.5. The van der Waals surface area contributed by atoms with Gasteiger partial charge in [-0.3, -0.25) is 14.9 Å². The van der Waals surface area contributed by atoms with E-state index in [-0.39, 0.29) is 30.2 Å². The van der Waals surface area contributed by atoms with Crippen LogP contribution in [0.4, 0.5) is 5.69 Å². The smallest absolute Gasteiger partial charge is 0.334 e. The van der Waals surface area contributed by atoms with Crippen LogP contribution in [-0.4, -0.2) is 39.5 Å². The van der Waals surface area contributed by atoms with Crippen molar-refractivity contribution in [1.29, 1.82) is 0 Å². The van der Waals surface area contributed by atoms with Crippen LogP contribution >= 0.6 is 11.8 Å². The summed E-state index contributed by atoms with van der Waals surface area (Å²) in [4.78, 5) is 37.6. The van der Waals surface area contributed by atoms with Crippen LogP contribution in [0.3, 0.4) is 0 Å². The number of nitro benzene ring substituents is 1. The van der Waals surface area contributed by atoms with Gasteiger partial charge in [-0.25, -0.2) is 4.79 Å². The summed E-state index contributed by atoms with van der Waals surface area (Å²) in [6, 6.07) is 5.18. The molecule has 3 rings (SSSR count). The van der Waals surface area contributed by atoms with Crippen molar-refractivity contribution in [3.8, 4) is 0 Å². The minimum atomic E-state index is -0.668. The molecule has 0 N–H and O–H groups in total. The van der Waals surface area contributed by atoms with Crippen molar-refractivity contribution in [2.24, 2.45) is 5.92 Å². The van der Waals surface area contributed by atoms with Crippen LogP contribution in [0.1, 0.15) is 25.8 Å². The number of carbonyl (C=O) groups excluding carboxylic acids is 2. The summed E-state index contributed by atoms with van der Waals surface area (Å²) < 4.78 is 5.40. The first-order valence-electron chi connectivity index (χ1n) is 8.54. The molecule has 1 amide bonds. The fourth-order valence-electron chi connectivity index (χ4n) is 3.38. The Hall–Kier alpha value is -2.35. The van der Waals surface area contributed by atoms with Gasteiger partial charge < -0.3 is 9.64 Å². The topological polar surface area (TPSA) is 89.8 Å². The molecule has 1 saturated heterocycles. The number of amides is 1. The maximum atomic E-state index is 12.6. The maximum Gasteiger partial charge on any atom is 0.334 e. The molecule has 0 aliphatic carbocycles. The number of ether oxygens (including phenoxy) is 1. The van der Waals surface area contributed by atoms with Gasteiger partial charge in [0.1, 0.15) is 6.61 Å². The average molecular weight is 376 g/mol. The third-order valence-corrected chi connectivity index (χ3v) is 5.67. The Morgan fingerprint density at radius 3 is 2.58 bits per heavy atom. The van der Waals surface area contributed by atoms with Crippen LogP contribution in [-0.2, 0) is 20.9 Å². The Balaban J connectivity index is 1.67. The average Bonchev–Trinajstić information content (AvgIpc) is 2.95. The van der Waals surface area contributed by atoms with Crippen molar-refractivity contribution < 1.29 is 19.2 Å². The van der Waals surface area contributed by atoms with Crippen molar-refractivity contribution >= 4 is 29.3 Å². The lowest BCUT2D eigenvalue weighted by Crippen LogP contribution is -2.62. The molecule has 8 heteroatoms. The number of nitro groups is 1. The second-order valence-corrected chi connectivity index (χ2v) is 7.52. The molecule has 0 bridgehead atoms. The molecule has 0 aromatic heterocycles. The van der Waals surface area contributed by atoms with Gasteiger partial charge in [-0.15, -0.1) is 11.8 Å². The molecular formula is C18H20N2O5S. The Bertz CT molecular complexity index is 761. The summed E-state index contributed by atoms with van der Waals surface area (Å²) in [6.07, 6.45) is 2.77. The van der Waals surface area contributed by atoms with Crippen LogP contribution < -0.4 is 0 Å². The molecule has 7 nitrogen and oxygen atoms in total. The summed E-state index contributed by atoms with van der Waals surface area (Å²) in [7, 11) is 0. The molecule has 138 valence electrons. The molecule has 1 unspecified atom stereocenters. The van der Waals surface area contributed by atoms with Gasteiger partial charge in [-0.05, 0) is 35.9 Å². The highest BCUT2D eigenvalue weighted by Gasteiger charge is 2.55. The molecule has 0 saturated carbocycles. The van der Waals surface area contributed by atoms with E-state index in [2.05, 4.69) is 0 Å². The number of esters is 1. The molecular weight excluding hydrogens is 356 g/mol. The van der Waals surface area contributed by atoms with Gasteiger partial charge >= 0.3 is 5.97 Å². The van der Waals surface area contributed by atoms with Crippen LogP contribution in [0.25, 0.3) is 0 Å². The highest BCUT2D eigenvalue weighted by Crippen LogP contribution is 2.43. The Morgan fingerprint density at radius 1 is 1.31 bits per heavy atom. The zero-order valence-electron chi connectivity index (χ0n) is 14.6. The highest BCUT2D eigenvalue weighted by molar-refractivity contribution is 8.03. The van der Waals surface area contributed by atoms with Crippen LogP contribution in [0, 0.1) is 16.0 Å². The fourth-order valence-corrected chi connectivity index (χ4v) is 4.31. The highest BCUT2D eigenvalue weighted by atomic mass is 32.2. The zero-order chi connectivity index (χ0) is 18.8. The van der Waals surface area contributed by atoms with Crippen LogP contribution in [0.15, 0.2) is 35.2 Å². The van der Waals surface area contributed by atoms with Crippen LogP contribution in [0.2, 0.25) is 0 Å². The summed E-state index contributed by atoms with van der Waals surface area (Å²) in [5.74, 6) is 0.303. The van der Waals surface area contributed by atoms with E-state index in [4.69, 9.17) is 4.74 Å². The fraction of sp³-hybridized carbons (Fsp3) is 0.444. The van der Waals surface area contributed by atoms with Crippen molar-refractivity contribution in [2.45, 2.75) is 39.0 Å². The van der Waals surface area contributed by atoms with Gasteiger partial charge in [0.05, 0.1) is 16.9 Å². The summed E-state index contributed by atoms with van der Waals surface area (Å²) in [5.41, 5.74) is 0.647. The van der Waals surface area contributed by atoms with Gasteiger partial charge in [0.25, 0.3) is 5.69 Å². The predicted octanol–water partition coefficient (Wildman–Crippen LogP) is 2.89. The predicted molar refractivity (Wildman–Crippen MR) is 97.3 cm³/mol. The summed E-state index contributed by atoms with van der Waals surface area (Å²) >= 11 is 1.56. The number of β-lactam (4-membered cyclic amide) rings is 1. The normalized spacial score (nSPS) is 23.9. The van der Waals surface area contributed by atoms with E-state index in [0.717, 1.165) is 17.1 Å². The number of non-ortho nitro benzene ring substituents is 1. The third kappa shape index (κ3) is 3.21. The Kier molecular flexibility index (Phi) is 5.31. The van der Waals surface area contributed by atoms with Gasteiger partial charge in [0.2, 0.25) is 5.91 Å². The second-order valence-electron chi connectivity index (χ2n) is 6.19. The molecule has 3 atom stereocenters. The number of rotatable bonds is 7. The molecule has 2 heterocycles. The van der Waals surface area contributed by atoms with Crippen LogP contribution in [0.5, 0.6) is 0 Å². The van der Waals surface area contributed by atoms with E-state index < -0.39 is 16.9 Å². The molecule has 1 fully saturated rings. The molecule has 26 heavy (non-hydrogen) atoms. The van der Waals surface area contributed by atoms with E-state index in [9.17, 15) is 19.7 Å². The lowest BCUT2D eigenvalue weighted by molar-refractivity contribution is -0.384. The summed E-state index contributed by atoms with van der Waals surface area (Å²) in [5, 5.41) is 10.7. The standard InChI is InChI=1S/C18H20N2O5S/c1-3-13-14-9-15(26-4-2)16(19(14)17(13)21)18(22)25-10-11-5-7-12(8-6-11)20(23)24/h5-9,13-14,16H,3-4,10H2,1-2H3/t13-,14?,16+/m1/s1. The molecule has 0 radical (unpaired) electrons. The quantitative estimate of drug-likeness (QED) is 0.315. The monoisotopic (exact) mass is 376 g/mol. The van der Waals surface area contributed by atoms with Crippen molar-refractivity contribution in [3.63, 3.8) is 0 Å². The molecule has 0 spiro atoms. The number of thioether (sulfide) groups is 1. The minimum absolute atomic E-state index is 0.00209. The van der Waals surface area contributed by atoms with Crippen molar-refractivity contribution in [1.82, 2.24) is 4.90 Å². The lowest BCUT2D eigenvalue weighted by Gasteiger charge is -2.44. The number of hydrogen-bond acceptors (Lipinski definition) is 6. The molecule has 1 aromatic carbocycles. The van der Waals surface area contributed by atoms with Gasteiger partial charge in [-0.2, -0.15) is 0 Å². The van der Waals surface area contributed by atoms with E-state index >= 15 is 0 Å².